The first-order valence-corrected chi connectivity index (χ1v) is 8.14. The van der Waals surface area contributed by atoms with Crippen molar-refractivity contribution < 1.29 is 14.3 Å². The van der Waals surface area contributed by atoms with Gasteiger partial charge in [0.25, 0.3) is 5.91 Å². The second-order valence-corrected chi connectivity index (χ2v) is 5.70. The van der Waals surface area contributed by atoms with Crippen LogP contribution in [0.4, 0.5) is 11.6 Å². The highest BCUT2D eigenvalue weighted by Gasteiger charge is 2.11. The summed E-state index contributed by atoms with van der Waals surface area (Å²) in [6.07, 6.45) is 0.738. The highest BCUT2D eigenvalue weighted by molar-refractivity contribution is 6.32. The van der Waals surface area contributed by atoms with Gasteiger partial charge in [0.05, 0.1) is 12.1 Å². The van der Waals surface area contributed by atoms with Crippen molar-refractivity contribution in [3.8, 4) is 5.75 Å². The van der Waals surface area contributed by atoms with Gasteiger partial charge in [-0.2, -0.15) is 0 Å². The maximum Gasteiger partial charge on any atom is 0.270 e. The monoisotopic (exact) mass is 364 g/mol. The van der Waals surface area contributed by atoms with Crippen molar-refractivity contribution in [3.05, 3.63) is 40.7 Å². The van der Waals surface area contributed by atoms with Gasteiger partial charge in [-0.05, 0) is 37.6 Å². The SMILES string of the molecule is COCCCNC(=O)c1cc(C)nc(Nc2ccc(OC)c(Cl)c2)n1. The number of methoxy groups -OCH3 is 2. The molecule has 2 aromatic rings. The summed E-state index contributed by atoms with van der Waals surface area (Å²) in [5.74, 6) is 0.647. The van der Waals surface area contributed by atoms with Crippen molar-refractivity contribution in [2.75, 3.05) is 32.7 Å². The van der Waals surface area contributed by atoms with Gasteiger partial charge in [-0.1, -0.05) is 11.6 Å². The molecule has 0 fully saturated rings. The summed E-state index contributed by atoms with van der Waals surface area (Å²) >= 11 is 6.11. The average Bonchev–Trinajstić information content (AvgIpc) is 2.58. The number of aryl methyl sites for hydroxylation is 1. The number of aromatic nitrogens is 2. The quantitative estimate of drug-likeness (QED) is 0.700. The molecular formula is C17H21ClN4O3. The predicted octanol–water partition coefficient (Wildman–Crippen LogP) is 2.96. The summed E-state index contributed by atoms with van der Waals surface area (Å²) < 4.78 is 10.1. The van der Waals surface area contributed by atoms with Crippen molar-refractivity contribution in [1.82, 2.24) is 15.3 Å². The number of benzene rings is 1. The first-order chi connectivity index (χ1) is 12.0. The number of carbonyl (C=O) groups excluding carboxylic acids is 1. The summed E-state index contributed by atoms with van der Waals surface area (Å²) in [5.41, 5.74) is 1.68. The van der Waals surface area contributed by atoms with E-state index in [0.717, 1.165) is 6.42 Å². The lowest BCUT2D eigenvalue weighted by Gasteiger charge is -2.10. The molecular weight excluding hydrogens is 344 g/mol. The molecule has 0 unspecified atom stereocenters. The van der Waals surface area contributed by atoms with Crippen LogP contribution in [0.3, 0.4) is 0 Å². The second kappa shape index (κ2) is 9.19. The molecule has 2 N–H and O–H groups in total. The summed E-state index contributed by atoms with van der Waals surface area (Å²) in [5, 5.41) is 6.32. The van der Waals surface area contributed by atoms with Crippen molar-refractivity contribution in [2.24, 2.45) is 0 Å². The lowest BCUT2D eigenvalue weighted by molar-refractivity contribution is 0.0943. The zero-order chi connectivity index (χ0) is 18.2. The molecule has 0 bridgehead atoms. The van der Waals surface area contributed by atoms with Crippen LogP contribution in [0.1, 0.15) is 22.6 Å². The molecule has 0 aliphatic rings. The Kier molecular flexibility index (Phi) is 6.97. The van der Waals surface area contributed by atoms with Crippen LogP contribution in [-0.4, -0.2) is 43.2 Å². The summed E-state index contributed by atoms with van der Waals surface area (Å²) in [6.45, 7) is 2.91. The van der Waals surface area contributed by atoms with E-state index in [4.69, 9.17) is 21.1 Å². The third kappa shape index (κ3) is 5.58. The van der Waals surface area contributed by atoms with Gasteiger partial charge in [0.1, 0.15) is 11.4 Å². The minimum Gasteiger partial charge on any atom is -0.495 e. The van der Waals surface area contributed by atoms with Gasteiger partial charge < -0.3 is 20.1 Å². The number of carbonyl (C=O) groups is 1. The third-order valence-electron chi connectivity index (χ3n) is 3.31. The Hall–Kier alpha value is -2.38. The van der Waals surface area contributed by atoms with Crippen LogP contribution in [0.15, 0.2) is 24.3 Å². The van der Waals surface area contributed by atoms with Crippen molar-refractivity contribution in [3.63, 3.8) is 0 Å². The molecule has 1 amide bonds. The predicted molar refractivity (Wildman–Crippen MR) is 96.9 cm³/mol. The number of hydrogen-bond acceptors (Lipinski definition) is 6. The van der Waals surface area contributed by atoms with Gasteiger partial charge in [0.15, 0.2) is 0 Å². The van der Waals surface area contributed by atoms with Crippen LogP contribution in [0.25, 0.3) is 0 Å². The molecule has 2 rings (SSSR count). The second-order valence-electron chi connectivity index (χ2n) is 5.29. The molecule has 1 aromatic heterocycles. The Morgan fingerprint density at radius 2 is 2.04 bits per heavy atom. The molecule has 25 heavy (non-hydrogen) atoms. The normalized spacial score (nSPS) is 10.4. The van der Waals surface area contributed by atoms with Crippen LogP contribution in [0.5, 0.6) is 5.75 Å². The number of amides is 1. The van der Waals surface area contributed by atoms with E-state index in [9.17, 15) is 4.79 Å². The van der Waals surface area contributed by atoms with Crippen molar-refractivity contribution in [1.29, 1.82) is 0 Å². The van der Waals surface area contributed by atoms with E-state index in [-0.39, 0.29) is 5.91 Å². The molecule has 0 spiro atoms. The lowest BCUT2D eigenvalue weighted by atomic mass is 10.3. The molecule has 7 nitrogen and oxygen atoms in total. The van der Waals surface area contributed by atoms with Gasteiger partial charge in [0, 0.05) is 31.6 Å². The van der Waals surface area contributed by atoms with Crippen LogP contribution in [-0.2, 0) is 4.74 Å². The van der Waals surface area contributed by atoms with Crippen LogP contribution in [0, 0.1) is 6.92 Å². The van der Waals surface area contributed by atoms with Gasteiger partial charge in [-0.25, -0.2) is 9.97 Å². The van der Waals surface area contributed by atoms with Gasteiger partial charge in [-0.3, -0.25) is 4.79 Å². The Labute approximate surface area is 151 Å². The fraction of sp³-hybridized carbons (Fsp3) is 0.353. The molecule has 0 saturated carbocycles. The van der Waals surface area contributed by atoms with E-state index in [1.54, 1.807) is 45.4 Å². The standard InChI is InChI=1S/C17H21ClN4O3/c1-11-9-14(16(23)19-7-4-8-24-2)22-17(20-11)21-12-5-6-15(25-3)13(18)10-12/h5-6,9-10H,4,7-8H2,1-3H3,(H,19,23)(H,20,21,22). The summed E-state index contributed by atoms with van der Waals surface area (Å²) in [7, 11) is 3.18. The Balaban J connectivity index is 2.10. The van der Waals surface area contributed by atoms with Gasteiger partial charge in [-0.15, -0.1) is 0 Å². The van der Waals surface area contributed by atoms with Crippen LogP contribution < -0.4 is 15.4 Å². The molecule has 0 aliphatic carbocycles. The largest absolute Gasteiger partial charge is 0.495 e. The van der Waals surface area contributed by atoms with Crippen molar-refractivity contribution in [2.45, 2.75) is 13.3 Å². The highest BCUT2D eigenvalue weighted by Crippen LogP contribution is 2.28. The summed E-state index contributed by atoms with van der Waals surface area (Å²) in [6, 6.07) is 6.87. The fourth-order valence-corrected chi connectivity index (χ4v) is 2.38. The van der Waals surface area contributed by atoms with E-state index >= 15 is 0 Å². The Bertz CT molecular complexity index is 740. The topological polar surface area (TPSA) is 85.4 Å². The zero-order valence-electron chi connectivity index (χ0n) is 14.4. The molecule has 8 heteroatoms. The minimum atomic E-state index is -0.252. The molecule has 1 aromatic carbocycles. The minimum absolute atomic E-state index is 0.252. The number of anilines is 2. The maximum absolute atomic E-state index is 12.2. The molecule has 134 valence electrons. The van der Waals surface area contributed by atoms with Crippen molar-refractivity contribution >= 4 is 29.1 Å². The first-order valence-electron chi connectivity index (χ1n) is 7.77. The van der Waals surface area contributed by atoms with E-state index in [1.807, 2.05) is 0 Å². The maximum atomic E-state index is 12.2. The molecule has 1 heterocycles. The number of ether oxygens (including phenoxy) is 2. The van der Waals surface area contributed by atoms with Gasteiger partial charge in [0.2, 0.25) is 5.95 Å². The van der Waals surface area contributed by atoms with E-state index in [2.05, 4.69) is 20.6 Å². The molecule has 0 atom stereocenters. The molecule has 0 aliphatic heterocycles. The number of nitrogens with zero attached hydrogens (tertiary/aromatic N) is 2. The van der Waals surface area contributed by atoms with Gasteiger partial charge >= 0.3 is 0 Å². The van der Waals surface area contributed by atoms with E-state index in [0.29, 0.717) is 46.9 Å². The smallest absolute Gasteiger partial charge is 0.270 e. The highest BCUT2D eigenvalue weighted by atomic mass is 35.5. The first kappa shape index (κ1) is 19.0. The summed E-state index contributed by atoms with van der Waals surface area (Å²) in [4.78, 5) is 20.8. The van der Waals surface area contributed by atoms with E-state index in [1.165, 1.54) is 0 Å². The fourth-order valence-electron chi connectivity index (χ4n) is 2.12. The average molecular weight is 365 g/mol. The van der Waals surface area contributed by atoms with E-state index < -0.39 is 0 Å². The molecule has 0 radical (unpaired) electrons. The third-order valence-corrected chi connectivity index (χ3v) is 3.60. The zero-order valence-corrected chi connectivity index (χ0v) is 15.2. The Morgan fingerprint density at radius 1 is 1.24 bits per heavy atom. The molecule has 0 saturated heterocycles. The number of hydrogen-bond donors (Lipinski definition) is 2. The van der Waals surface area contributed by atoms with Crippen LogP contribution >= 0.6 is 11.6 Å². The van der Waals surface area contributed by atoms with Crippen LogP contribution in [0.2, 0.25) is 5.02 Å². The number of nitrogens with one attached hydrogen (secondary N) is 2. The Morgan fingerprint density at radius 3 is 2.72 bits per heavy atom. The number of rotatable bonds is 8. The lowest BCUT2D eigenvalue weighted by Crippen LogP contribution is -2.26. The number of halogens is 1.